The zero-order valence-electron chi connectivity index (χ0n) is 12.6. The minimum Gasteiger partial charge on any atom is -0.497 e. The molecule has 0 saturated carbocycles. The quantitative estimate of drug-likeness (QED) is 0.661. The molecule has 5 atom stereocenters. The maximum Gasteiger partial charge on any atom is 0.186 e. The van der Waals surface area contributed by atoms with Crippen LogP contribution in [0.1, 0.15) is 5.56 Å². The summed E-state index contributed by atoms with van der Waals surface area (Å²) in [6.07, 6.45) is -5.08. The van der Waals surface area contributed by atoms with Crippen LogP contribution in [0.25, 0.3) is 0 Å². The van der Waals surface area contributed by atoms with Gasteiger partial charge in [-0.1, -0.05) is 12.1 Å². The molecule has 124 valence electrons. The molecule has 2 rings (SSSR count). The molecule has 1 fully saturated rings. The molecule has 7 nitrogen and oxygen atoms in total. The topological polar surface area (TPSA) is 97.6 Å². The van der Waals surface area contributed by atoms with Gasteiger partial charge in [0.05, 0.1) is 20.3 Å². The summed E-state index contributed by atoms with van der Waals surface area (Å²) in [6, 6.07) is 7.28. The highest BCUT2D eigenvalue weighted by molar-refractivity contribution is 5.26. The number of rotatable bonds is 6. The predicted octanol–water partition coefficient (Wildman–Crippen LogP) is -0.334. The number of hydrogen-bond donors (Lipinski definition) is 3. The molecule has 0 spiro atoms. The molecule has 0 radical (unpaired) electrons. The molecule has 1 aliphatic heterocycles. The average molecular weight is 314 g/mol. The maximum atomic E-state index is 10.1. The number of methoxy groups -OCH3 is 2. The molecule has 7 heteroatoms. The maximum absolute atomic E-state index is 10.1. The van der Waals surface area contributed by atoms with Crippen LogP contribution < -0.4 is 4.74 Å². The SMILES string of the molecule is COc1ccc(CO[C@H]2[C@@H](OC)O[C@H](CO)[C@@H](O)[C@@H]2O)cc1. The molecule has 0 aliphatic carbocycles. The Morgan fingerprint density at radius 1 is 1.09 bits per heavy atom. The molecular formula is C15H22O7. The summed E-state index contributed by atoms with van der Waals surface area (Å²) in [4.78, 5) is 0. The first-order valence-corrected chi connectivity index (χ1v) is 7.00. The first-order valence-electron chi connectivity index (χ1n) is 7.00. The van der Waals surface area contributed by atoms with E-state index in [9.17, 15) is 10.2 Å². The second kappa shape index (κ2) is 7.87. The van der Waals surface area contributed by atoms with E-state index in [0.717, 1.165) is 11.3 Å². The number of aliphatic hydroxyl groups is 3. The number of benzene rings is 1. The van der Waals surface area contributed by atoms with Gasteiger partial charge in [-0.25, -0.2) is 0 Å². The van der Waals surface area contributed by atoms with Crippen LogP contribution in [0.2, 0.25) is 0 Å². The Labute approximate surface area is 129 Å². The second-order valence-electron chi connectivity index (χ2n) is 5.07. The molecule has 1 aliphatic rings. The average Bonchev–Trinajstić information content (AvgIpc) is 2.56. The lowest BCUT2D eigenvalue weighted by molar-refractivity contribution is -0.305. The van der Waals surface area contributed by atoms with Crippen LogP contribution in [0.5, 0.6) is 5.75 Å². The van der Waals surface area contributed by atoms with Gasteiger partial charge in [0.25, 0.3) is 0 Å². The first-order chi connectivity index (χ1) is 10.6. The fourth-order valence-electron chi connectivity index (χ4n) is 2.34. The second-order valence-corrected chi connectivity index (χ2v) is 5.07. The van der Waals surface area contributed by atoms with Crippen molar-refractivity contribution in [1.82, 2.24) is 0 Å². The van der Waals surface area contributed by atoms with E-state index in [1.807, 2.05) is 12.1 Å². The number of aliphatic hydroxyl groups excluding tert-OH is 3. The van der Waals surface area contributed by atoms with Crippen LogP contribution in [0.3, 0.4) is 0 Å². The lowest BCUT2D eigenvalue weighted by atomic mass is 9.99. The molecular weight excluding hydrogens is 292 g/mol. The van der Waals surface area contributed by atoms with Gasteiger partial charge in [0.1, 0.15) is 30.2 Å². The Kier molecular flexibility index (Phi) is 6.13. The Morgan fingerprint density at radius 3 is 2.32 bits per heavy atom. The van der Waals surface area contributed by atoms with Crippen LogP contribution in [-0.4, -0.2) is 66.9 Å². The summed E-state index contributed by atoms with van der Waals surface area (Å²) in [5, 5.41) is 29.2. The van der Waals surface area contributed by atoms with Gasteiger partial charge in [0.15, 0.2) is 6.29 Å². The fourth-order valence-corrected chi connectivity index (χ4v) is 2.34. The predicted molar refractivity (Wildman–Crippen MR) is 76.3 cm³/mol. The van der Waals surface area contributed by atoms with E-state index in [2.05, 4.69) is 0 Å². The highest BCUT2D eigenvalue weighted by Gasteiger charge is 2.45. The third kappa shape index (κ3) is 3.75. The zero-order valence-corrected chi connectivity index (χ0v) is 12.6. The molecule has 1 heterocycles. The van der Waals surface area contributed by atoms with Gasteiger partial charge in [0, 0.05) is 7.11 Å². The number of ether oxygens (including phenoxy) is 4. The van der Waals surface area contributed by atoms with Crippen LogP contribution in [0, 0.1) is 0 Å². The van der Waals surface area contributed by atoms with Crippen LogP contribution >= 0.6 is 0 Å². The Bertz CT molecular complexity index is 448. The van der Waals surface area contributed by atoms with Crippen molar-refractivity contribution in [1.29, 1.82) is 0 Å². The van der Waals surface area contributed by atoms with Gasteiger partial charge >= 0.3 is 0 Å². The van der Waals surface area contributed by atoms with E-state index >= 15 is 0 Å². The molecule has 1 aromatic carbocycles. The molecule has 0 amide bonds. The van der Waals surface area contributed by atoms with Crippen LogP contribution in [-0.2, 0) is 20.8 Å². The van der Waals surface area contributed by atoms with E-state index < -0.39 is 37.3 Å². The van der Waals surface area contributed by atoms with Gasteiger partial charge in [-0.15, -0.1) is 0 Å². The first kappa shape index (κ1) is 17.1. The van der Waals surface area contributed by atoms with E-state index in [-0.39, 0.29) is 6.61 Å². The molecule has 0 bridgehead atoms. The van der Waals surface area contributed by atoms with Crippen molar-refractivity contribution in [2.75, 3.05) is 20.8 Å². The van der Waals surface area contributed by atoms with Gasteiger partial charge in [-0.05, 0) is 17.7 Å². The Morgan fingerprint density at radius 2 is 1.77 bits per heavy atom. The zero-order chi connectivity index (χ0) is 16.1. The normalized spacial score (nSPS) is 32.0. The lowest BCUT2D eigenvalue weighted by Crippen LogP contribution is -2.59. The molecule has 1 aromatic rings. The van der Waals surface area contributed by atoms with Crippen LogP contribution in [0.15, 0.2) is 24.3 Å². The van der Waals surface area contributed by atoms with Crippen molar-refractivity contribution >= 4 is 0 Å². The smallest absolute Gasteiger partial charge is 0.186 e. The summed E-state index contributed by atoms with van der Waals surface area (Å²) >= 11 is 0. The summed E-state index contributed by atoms with van der Waals surface area (Å²) in [5.41, 5.74) is 0.877. The molecule has 22 heavy (non-hydrogen) atoms. The summed E-state index contributed by atoms with van der Waals surface area (Å²) in [5.74, 6) is 0.737. The fraction of sp³-hybridized carbons (Fsp3) is 0.600. The minimum atomic E-state index is -1.24. The van der Waals surface area contributed by atoms with Gasteiger partial charge in [-0.2, -0.15) is 0 Å². The standard InChI is InChI=1S/C15H22O7/c1-19-10-5-3-9(4-6-10)8-21-14-13(18)12(17)11(7-16)22-15(14)20-2/h3-6,11-18H,7-8H2,1-2H3/t11-,12-,13+,14-,15+/m1/s1. The van der Waals surface area contributed by atoms with Crippen molar-refractivity contribution in [2.24, 2.45) is 0 Å². The van der Waals surface area contributed by atoms with Gasteiger partial charge in [-0.3, -0.25) is 0 Å². The van der Waals surface area contributed by atoms with Crippen molar-refractivity contribution in [3.05, 3.63) is 29.8 Å². The van der Waals surface area contributed by atoms with E-state index in [1.165, 1.54) is 7.11 Å². The highest BCUT2D eigenvalue weighted by Crippen LogP contribution is 2.25. The molecule has 3 N–H and O–H groups in total. The van der Waals surface area contributed by atoms with Crippen molar-refractivity contribution < 1.29 is 34.3 Å². The molecule has 0 aromatic heterocycles. The van der Waals surface area contributed by atoms with E-state index in [1.54, 1.807) is 19.2 Å². The largest absolute Gasteiger partial charge is 0.497 e. The Balaban J connectivity index is 1.99. The van der Waals surface area contributed by atoms with Crippen molar-refractivity contribution in [3.8, 4) is 5.75 Å². The summed E-state index contributed by atoms with van der Waals surface area (Å²) in [6.45, 7) is -0.200. The monoisotopic (exact) mass is 314 g/mol. The van der Waals surface area contributed by atoms with E-state index in [0.29, 0.717) is 0 Å². The number of hydrogen-bond acceptors (Lipinski definition) is 7. The highest BCUT2D eigenvalue weighted by atomic mass is 16.7. The Hall–Kier alpha value is -1.22. The third-order valence-corrected chi connectivity index (χ3v) is 3.66. The summed E-state index contributed by atoms with van der Waals surface area (Å²) in [7, 11) is 3.00. The van der Waals surface area contributed by atoms with E-state index in [4.69, 9.17) is 24.1 Å². The third-order valence-electron chi connectivity index (χ3n) is 3.66. The van der Waals surface area contributed by atoms with Gasteiger partial charge in [0.2, 0.25) is 0 Å². The minimum absolute atomic E-state index is 0.214. The summed E-state index contributed by atoms with van der Waals surface area (Å²) < 4.78 is 21.2. The molecule has 0 unspecified atom stereocenters. The lowest BCUT2D eigenvalue weighted by Gasteiger charge is -2.41. The van der Waals surface area contributed by atoms with Gasteiger partial charge < -0.3 is 34.3 Å². The van der Waals surface area contributed by atoms with Crippen molar-refractivity contribution in [3.63, 3.8) is 0 Å². The van der Waals surface area contributed by atoms with Crippen molar-refractivity contribution in [2.45, 2.75) is 37.3 Å². The van der Waals surface area contributed by atoms with Crippen LogP contribution in [0.4, 0.5) is 0 Å². The molecule has 1 saturated heterocycles.